The van der Waals surface area contributed by atoms with E-state index in [2.05, 4.69) is 15.0 Å². The van der Waals surface area contributed by atoms with Gasteiger partial charge in [0.1, 0.15) is 17.0 Å². The first-order valence-corrected chi connectivity index (χ1v) is 20.8. The Labute approximate surface area is 433 Å². The molecule has 0 amide bonds. The quantitative estimate of drug-likeness (QED) is 0.116. The molecule has 5 heteroatoms. The predicted octanol–water partition coefficient (Wildman–Crippen LogP) is 15.0. The Morgan fingerprint density at radius 3 is 1.75 bits per heavy atom. The second-order valence-electron chi connectivity index (χ2n) is 15.2. The zero-order valence-corrected chi connectivity index (χ0v) is 34.9. The number of rotatable bonds is 13. The van der Waals surface area contributed by atoms with Crippen LogP contribution in [0.25, 0.3) is 66.8 Å². The van der Waals surface area contributed by atoms with Gasteiger partial charge in [-0.15, -0.1) is 0 Å². The molecule has 0 unspecified atom stereocenters. The van der Waals surface area contributed by atoms with E-state index in [1.165, 1.54) is 18.2 Å². The van der Waals surface area contributed by atoms with Gasteiger partial charge in [0.25, 0.3) is 0 Å². The monoisotopic (exact) mass is 903 g/mol. The first kappa shape index (κ1) is 21.0. The minimum atomic E-state index is -3.60. The third kappa shape index (κ3) is 8.58. The predicted molar refractivity (Wildman–Crippen MR) is 272 cm³/mol. The molecule has 67 heavy (non-hydrogen) atoms. The normalized spacial score (nSPS) is 22.6. The van der Waals surface area contributed by atoms with E-state index in [1.54, 1.807) is 60.7 Å². The van der Waals surface area contributed by atoms with E-state index < -0.39 is 185 Å². The summed E-state index contributed by atoms with van der Waals surface area (Å²) in [5.74, 6) is -1.47. The van der Waals surface area contributed by atoms with Crippen molar-refractivity contribution in [3.8, 4) is 44.9 Å². The zero-order valence-electron chi connectivity index (χ0n) is 63.9. The maximum absolute atomic E-state index is 17.8. The maximum atomic E-state index is 17.8. The highest BCUT2D eigenvalue weighted by atomic mass is 19.1. The number of aryl methyl sites for hydroxylation is 9. The molecule has 11 rings (SSSR count). The van der Waals surface area contributed by atoms with Gasteiger partial charge in [-0.05, 0) is 157 Å². The van der Waals surface area contributed by atoms with E-state index in [-0.39, 0.29) is 33.6 Å². The topological polar surface area (TPSA) is 51.8 Å². The van der Waals surface area contributed by atoms with E-state index >= 15 is 4.39 Å². The molecule has 0 radical (unpaired) electrons. The number of nitrogens with zero attached hydrogens (tertiary/aromatic N) is 3. The lowest BCUT2D eigenvalue weighted by Crippen LogP contribution is -2.02. The minimum absolute atomic E-state index is 0.0585. The Balaban J connectivity index is 1.07. The summed E-state index contributed by atoms with van der Waals surface area (Å²) in [6, 6.07) is 21.7. The summed E-state index contributed by atoms with van der Waals surface area (Å²) >= 11 is 0. The molecule has 1 aliphatic rings. The smallest absolute Gasteiger partial charge is 0.144 e. The number of pyridine rings is 3. The van der Waals surface area contributed by atoms with Crippen LogP contribution >= 0.6 is 0 Å². The van der Waals surface area contributed by atoms with Crippen LogP contribution in [0.2, 0.25) is 0 Å². The van der Waals surface area contributed by atoms with Crippen LogP contribution in [0.5, 0.6) is 0 Å². The van der Waals surface area contributed by atoms with Crippen LogP contribution in [0.4, 0.5) is 4.39 Å². The average Bonchev–Trinajstić information content (AvgIpc) is 1.49. The third-order valence-electron chi connectivity index (χ3n) is 11.0. The molecule has 0 fully saturated rings. The molecule has 0 spiro atoms. The highest BCUT2D eigenvalue weighted by Crippen LogP contribution is 2.46. The molecule has 4 nitrogen and oxygen atoms in total. The summed E-state index contributed by atoms with van der Waals surface area (Å²) in [6.07, 6.45) is -29.1. The van der Waals surface area contributed by atoms with Gasteiger partial charge >= 0.3 is 0 Å². The highest BCUT2D eigenvalue weighted by molar-refractivity contribution is 6.12. The Bertz CT molecular complexity index is 4630. The minimum Gasteiger partial charge on any atom is -0.455 e. The lowest BCUT2D eigenvalue weighted by atomic mass is 9.93. The number of hydrogen-bond donors (Lipinski definition) is 0. The number of hydrogen-bond acceptors (Lipinski definition) is 4. The lowest BCUT2D eigenvalue weighted by Gasteiger charge is -2.13. The van der Waals surface area contributed by atoms with Crippen LogP contribution in [0, 0.1) is 19.5 Å². The average molecular weight is 903 g/mol. The third-order valence-corrected chi connectivity index (χ3v) is 11.0. The fraction of sp³-hybridized carbons (Fsp3) is 0.177. The second kappa shape index (κ2) is 18.4. The van der Waals surface area contributed by atoms with Crippen molar-refractivity contribution in [3.63, 3.8) is 0 Å². The van der Waals surface area contributed by atoms with Crippen molar-refractivity contribution in [1.29, 1.82) is 0 Å². The van der Waals surface area contributed by atoms with Crippen LogP contribution in [-0.4, -0.2) is 15.0 Å². The number of aromatic nitrogens is 3. The molecule has 10 aromatic rings. The fourth-order valence-electron chi connectivity index (χ4n) is 7.74. The molecule has 0 saturated heterocycles. The molecular formula is C62H52FN3O. The van der Waals surface area contributed by atoms with Crippen LogP contribution < -0.4 is 0 Å². The number of fused-ring (bicyclic) bond motifs is 5. The number of benzene rings is 6. The largest absolute Gasteiger partial charge is 0.455 e. The molecule has 0 bridgehead atoms. The molecule has 4 aromatic heterocycles. The van der Waals surface area contributed by atoms with Gasteiger partial charge in [0.05, 0.1) is 29.3 Å². The SMILES string of the molecule is [2H]c1c([2H])c([2H])c(-c2c3c(c4oc5c(-c6ccc(C([2H])([2H])C([2H])([2H])c7cc(C([2H])([2H])C([2H])([2H])c8cnc(-c9ccccc9)cc8C([2H])([2H])[2H])cc(C([2H])([2H])C([2H])([2H])c8cnc(-c9ccccc9)cc8C([2H])([2H])[2H])c7)cn6)cccc5c4c2F)C([2H])([2H])C([2H])([2H])C3([2H])[2H])c([2H])c1[2H]. The van der Waals surface area contributed by atoms with E-state index in [0.29, 0.717) is 29.3 Å². The van der Waals surface area contributed by atoms with Crippen molar-refractivity contribution in [2.45, 2.75) is 71.1 Å². The van der Waals surface area contributed by atoms with E-state index in [4.69, 9.17) is 27.7 Å². The molecular weight excluding hydrogens is 822 g/mol. The maximum Gasteiger partial charge on any atom is 0.144 e. The number of furan rings is 1. The second-order valence-corrected chi connectivity index (χ2v) is 15.2. The van der Waals surface area contributed by atoms with Gasteiger partial charge < -0.3 is 4.42 Å². The number of halogens is 1. The van der Waals surface area contributed by atoms with Gasteiger partial charge in [-0.1, -0.05) is 127 Å². The van der Waals surface area contributed by atoms with Crippen molar-refractivity contribution in [2.75, 3.05) is 0 Å². The van der Waals surface area contributed by atoms with Gasteiger partial charge in [-0.25, -0.2) is 4.39 Å². The Morgan fingerprint density at radius 2 is 1.15 bits per heavy atom. The van der Waals surface area contributed by atoms with Crippen molar-refractivity contribution >= 4 is 21.9 Å². The van der Waals surface area contributed by atoms with Crippen molar-refractivity contribution < 1.29 is 48.6 Å². The summed E-state index contributed by atoms with van der Waals surface area (Å²) < 4.78 is 286. The molecule has 6 aromatic carbocycles. The summed E-state index contributed by atoms with van der Waals surface area (Å²) in [5, 5.41) is -0.819. The molecule has 328 valence electrons. The molecule has 0 atom stereocenters. The van der Waals surface area contributed by atoms with Crippen LogP contribution in [0.3, 0.4) is 0 Å². The molecule has 0 saturated carbocycles. The molecule has 4 heterocycles. The summed E-state index contributed by atoms with van der Waals surface area (Å²) in [7, 11) is 0. The molecule has 1 aliphatic carbocycles. The fourth-order valence-corrected chi connectivity index (χ4v) is 7.74. The van der Waals surface area contributed by atoms with Gasteiger partial charge in [-0.2, -0.15) is 0 Å². The highest BCUT2D eigenvalue weighted by Gasteiger charge is 2.28. The number of para-hydroxylation sites is 1. The lowest BCUT2D eigenvalue weighted by molar-refractivity contribution is 0.634. The van der Waals surface area contributed by atoms with Crippen molar-refractivity contribution in [3.05, 3.63) is 232 Å². The van der Waals surface area contributed by atoms with Crippen molar-refractivity contribution in [2.24, 2.45) is 0 Å². The molecule has 0 N–H and O–H groups in total. The summed E-state index contributed by atoms with van der Waals surface area (Å²) in [6.45, 7) is -6.30. The van der Waals surface area contributed by atoms with Crippen LogP contribution in [-0.2, 0) is 51.0 Å². The first-order valence-electron chi connectivity index (χ1n) is 35.3. The molecule has 0 aliphatic heterocycles. The van der Waals surface area contributed by atoms with Gasteiger partial charge in [0, 0.05) is 79.1 Å². The van der Waals surface area contributed by atoms with Crippen LogP contribution in [0.15, 0.2) is 175 Å². The van der Waals surface area contributed by atoms with Crippen LogP contribution in [0.1, 0.15) is 102 Å². The van der Waals surface area contributed by atoms with Crippen molar-refractivity contribution in [1.82, 2.24) is 15.0 Å². The van der Waals surface area contributed by atoms with E-state index in [9.17, 15) is 16.4 Å². The van der Waals surface area contributed by atoms with Gasteiger partial charge in [0.15, 0.2) is 0 Å². The standard InChI is InChI=1S/C62H52FN3O/c1-40-32-56(46-14-6-3-7-15-46)65-38-49(40)29-26-44-34-43(35-45(36-44)27-30-50-39-66-57(33-41(50)2)47-16-8-4-9-17-47)25-24-42-28-31-55(64-37-42)53-22-13-23-54-59-60(63)58(48-18-10-5-11-19-48)51-20-12-21-52(51)62(59)67-61(53)54/h3-11,13-19,22-23,28,31-39H,12,20-21,24-27,29-30H2,1-2H3/i1D3,2D3,5D,10D,11D,12D2,18D,19D,20D2,21D2,24D2,25D2,26D2,27D2,29D2,30D2. The van der Waals surface area contributed by atoms with E-state index in [0.717, 1.165) is 42.9 Å². The van der Waals surface area contributed by atoms with Gasteiger partial charge in [-0.3, -0.25) is 15.0 Å². The Kier molecular flexibility index (Phi) is 5.77. The van der Waals surface area contributed by atoms with E-state index in [1.807, 2.05) is 0 Å². The first-order chi connectivity index (χ1) is 44.2. The summed E-state index contributed by atoms with van der Waals surface area (Å²) in [5.41, 5.74) is -10.7. The van der Waals surface area contributed by atoms with Gasteiger partial charge in [0.2, 0.25) is 0 Å². The summed E-state index contributed by atoms with van der Waals surface area (Å²) in [4.78, 5) is 13.0. The Morgan fingerprint density at radius 1 is 0.567 bits per heavy atom. The zero-order chi connectivity index (χ0) is 70.8. The Hall–Kier alpha value is -7.50.